The topological polar surface area (TPSA) is 20.2 Å². The predicted octanol–water partition coefficient (Wildman–Crippen LogP) is 3.94. The minimum absolute atomic E-state index is 0.512. The molecule has 16 heavy (non-hydrogen) atoms. The summed E-state index contributed by atoms with van der Waals surface area (Å²) in [6.07, 6.45) is 2.29. The second-order valence-corrected chi connectivity index (χ2v) is 4.23. The smallest absolute Gasteiger partial charge is 0.100 e. The summed E-state index contributed by atoms with van der Waals surface area (Å²) in [6, 6.07) is 7.99. The van der Waals surface area contributed by atoms with Crippen molar-refractivity contribution in [2.24, 2.45) is 0 Å². The maximum atomic E-state index is 10.2. The van der Waals surface area contributed by atoms with Gasteiger partial charge in [-0.05, 0) is 31.4 Å². The lowest BCUT2D eigenvalue weighted by Crippen LogP contribution is -2.01. The number of benzene rings is 1. The highest BCUT2D eigenvalue weighted by Gasteiger charge is 2.11. The van der Waals surface area contributed by atoms with E-state index in [1.165, 1.54) is 5.56 Å². The van der Waals surface area contributed by atoms with Crippen LogP contribution in [0.15, 0.2) is 48.1 Å². The molecule has 86 valence electrons. The molecule has 1 nitrogen and oxygen atoms in total. The first-order valence-electron chi connectivity index (χ1n) is 5.65. The Morgan fingerprint density at radius 1 is 1.38 bits per heavy atom. The Hall–Kier alpha value is -1.34. The monoisotopic (exact) mass is 216 g/mol. The zero-order valence-electron chi connectivity index (χ0n) is 10.3. The fourth-order valence-electron chi connectivity index (χ4n) is 1.65. The van der Waals surface area contributed by atoms with Gasteiger partial charge in [-0.1, -0.05) is 55.0 Å². The van der Waals surface area contributed by atoms with E-state index in [4.69, 9.17) is 0 Å². The Morgan fingerprint density at radius 2 is 1.94 bits per heavy atom. The summed E-state index contributed by atoms with van der Waals surface area (Å²) in [6.45, 7) is 9.88. The molecule has 1 aromatic carbocycles. The molecule has 0 aromatic heterocycles. The van der Waals surface area contributed by atoms with Gasteiger partial charge in [0.2, 0.25) is 0 Å². The van der Waals surface area contributed by atoms with Crippen molar-refractivity contribution in [3.8, 4) is 0 Å². The average Bonchev–Trinajstić information content (AvgIpc) is 2.25. The van der Waals surface area contributed by atoms with E-state index in [1.54, 1.807) is 0 Å². The number of hydrogen-bond donors (Lipinski definition) is 1. The Kier molecular flexibility index (Phi) is 4.51. The van der Waals surface area contributed by atoms with E-state index >= 15 is 0 Å². The van der Waals surface area contributed by atoms with Crippen molar-refractivity contribution in [3.63, 3.8) is 0 Å². The molecule has 1 rings (SSSR count). The molecular formula is C15H20O. The van der Waals surface area contributed by atoms with Gasteiger partial charge in [0.15, 0.2) is 0 Å². The van der Waals surface area contributed by atoms with E-state index < -0.39 is 6.10 Å². The molecule has 1 aromatic rings. The largest absolute Gasteiger partial charge is 0.384 e. The standard InChI is InChI=1S/C15H20O/c1-5-13(10-11(2)3)15(16)14-8-6-12(4)7-9-14/h6-10,15-16H,2,5H2,1,3-4H3/b13-10+/t15-/m1/s1. The number of aliphatic hydroxyl groups is 1. The van der Waals surface area contributed by atoms with Crippen LogP contribution in [0, 0.1) is 6.92 Å². The van der Waals surface area contributed by atoms with Gasteiger partial charge < -0.3 is 5.11 Å². The summed E-state index contributed by atoms with van der Waals surface area (Å²) in [4.78, 5) is 0. The van der Waals surface area contributed by atoms with Crippen molar-refractivity contribution >= 4 is 0 Å². The Labute approximate surface area is 98.1 Å². The molecule has 0 spiro atoms. The van der Waals surface area contributed by atoms with Crippen molar-refractivity contribution in [2.75, 3.05) is 0 Å². The van der Waals surface area contributed by atoms with Gasteiger partial charge in [0.05, 0.1) is 0 Å². The third kappa shape index (κ3) is 3.35. The van der Waals surface area contributed by atoms with E-state index in [-0.39, 0.29) is 0 Å². The number of aliphatic hydroxyl groups excluding tert-OH is 1. The molecule has 0 unspecified atom stereocenters. The molecule has 0 aliphatic carbocycles. The Balaban J connectivity index is 2.95. The maximum Gasteiger partial charge on any atom is 0.100 e. The van der Waals surface area contributed by atoms with Gasteiger partial charge >= 0.3 is 0 Å². The van der Waals surface area contributed by atoms with E-state index in [2.05, 4.69) is 6.58 Å². The van der Waals surface area contributed by atoms with Crippen LogP contribution >= 0.6 is 0 Å². The minimum Gasteiger partial charge on any atom is -0.384 e. The molecule has 0 heterocycles. The number of hydrogen-bond acceptors (Lipinski definition) is 1. The lowest BCUT2D eigenvalue weighted by molar-refractivity contribution is 0.212. The summed E-state index contributed by atoms with van der Waals surface area (Å²) < 4.78 is 0. The van der Waals surface area contributed by atoms with E-state index in [9.17, 15) is 5.11 Å². The normalized spacial score (nSPS) is 13.6. The van der Waals surface area contributed by atoms with Crippen molar-refractivity contribution in [2.45, 2.75) is 33.3 Å². The van der Waals surface area contributed by atoms with Crippen LogP contribution in [0.2, 0.25) is 0 Å². The lowest BCUT2D eigenvalue weighted by Gasteiger charge is -2.14. The zero-order valence-corrected chi connectivity index (χ0v) is 10.3. The molecular weight excluding hydrogens is 196 g/mol. The van der Waals surface area contributed by atoms with Gasteiger partial charge in [-0.25, -0.2) is 0 Å². The van der Waals surface area contributed by atoms with Crippen LogP contribution in [0.5, 0.6) is 0 Å². The summed E-state index contributed by atoms with van der Waals surface area (Å²) >= 11 is 0. The van der Waals surface area contributed by atoms with Gasteiger partial charge in [0.1, 0.15) is 6.10 Å². The van der Waals surface area contributed by atoms with Crippen molar-refractivity contribution in [1.82, 2.24) is 0 Å². The third-order valence-corrected chi connectivity index (χ3v) is 2.58. The van der Waals surface area contributed by atoms with Gasteiger partial charge in [-0.15, -0.1) is 0 Å². The Morgan fingerprint density at radius 3 is 2.38 bits per heavy atom. The molecule has 0 fully saturated rings. The molecule has 0 bridgehead atoms. The van der Waals surface area contributed by atoms with Crippen molar-refractivity contribution in [3.05, 3.63) is 59.2 Å². The van der Waals surface area contributed by atoms with Crippen LogP contribution in [0.25, 0.3) is 0 Å². The van der Waals surface area contributed by atoms with E-state index in [1.807, 2.05) is 51.1 Å². The van der Waals surface area contributed by atoms with Crippen LogP contribution in [0.4, 0.5) is 0 Å². The van der Waals surface area contributed by atoms with Crippen LogP contribution in [0.1, 0.15) is 37.5 Å². The number of aryl methyl sites for hydroxylation is 1. The molecule has 1 atom stereocenters. The molecule has 1 heteroatoms. The number of rotatable bonds is 4. The highest BCUT2D eigenvalue weighted by molar-refractivity contribution is 5.31. The highest BCUT2D eigenvalue weighted by Crippen LogP contribution is 2.25. The SMILES string of the molecule is C=C(C)/C=C(\CC)[C@@H](O)c1ccc(C)cc1. The fourth-order valence-corrected chi connectivity index (χ4v) is 1.65. The summed E-state index contributed by atoms with van der Waals surface area (Å²) in [5.41, 5.74) is 4.14. The second-order valence-electron chi connectivity index (χ2n) is 4.23. The second kappa shape index (κ2) is 5.66. The number of allylic oxidation sites excluding steroid dienone is 2. The molecule has 0 saturated carbocycles. The molecule has 1 N–H and O–H groups in total. The van der Waals surface area contributed by atoms with E-state index in [0.717, 1.165) is 23.1 Å². The summed E-state index contributed by atoms with van der Waals surface area (Å²) in [5, 5.41) is 10.2. The van der Waals surface area contributed by atoms with Crippen molar-refractivity contribution in [1.29, 1.82) is 0 Å². The fraction of sp³-hybridized carbons (Fsp3) is 0.333. The quantitative estimate of drug-likeness (QED) is 0.756. The maximum absolute atomic E-state index is 10.2. The predicted molar refractivity (Wildman–Crippen MR) is 69.3 cm³/mol. The van der Waals surface area contributed by atoms with Gasteiger partial charge in [0, 0.05) is 0 Å². The summed E-state index contributed by atoms with van der Waals surface area (Å²) in [7, 11) is 0. The van der Waals surface area contributed by atoms with Crippen LogP contribution in [-0.2, 0) is 0 Å². The molecule has 0 aliphatic heterocycles. The Bertz CT molecular complexity index is 384. The first kappa shape index (κ1) is 12.7. The molecule has 0 radical (unpaired) electrons. The van der Waals surface area contributed by atoms with Crippen LogP contribution in [-0.4, -0.2) is 5.11 Å². The van der Waals surface area contributed by atoms with Crippen molar-refractivity contribution < 1.29 is 5.11 Å². The van der Waals surface area contributed by atoms with Crippen LogP contribution < -0.4 is 0 Å². The minimum atomic E-state index is -0.512. The highest BCUT2D eigenvalue weighted by atomic mass is 16.3. The molecule has 0 amide bonds. The first-order valence-corrected chi connectivity index (χ1v) is 5.65. The zero-order chi connectivity index (χ0) is 12.1. The van der Waals surface area contributed by atoms with Gasteiger partial charge in [-0.3, -0.25) is 0 Å². The lowest BCUT2D eigenvalue weighted by atomic mass is 9.97. The first-order chi connectivity index (χ1) is 7.54. The van der Waals surface area contributed by atoms with Crippen LogP contribution in [0.3, 0.4) is 0 Å². The average molecular weight is 216 g/mol. The third-order valence-electron chi connectivity index (χ3n) is 2.58. The van der Waals surface area contributed by atoms with Gasteiger partial charge in [-0.2, -0.15) is 0 Å². The summed E-state index contributed by atoms with van der Waals surface area (Å²) in [5.74, 6) is 0. The molecule has 0 aliphatic rings. The van der Waals surface area contributed by atoms with Gasteiger partial charge in [0.25, 0.3) is 0 Å². The van der Waals surface area contributed by atoms with E-state index in [0.29, 0.717) is 0 Å². The molecule has 0 saturated heterocycles.